The SMILES string of the molecule is CC(C)N(CC(O)(C(F)(F)F)C(F)(F)F)C(C)C.[Co]. The maximum Gasteiger partial charge on any atom is 0.427 e. The fourth-order valence-electron chi connectivity index (χ4n) is 1.57. The number of nitrogens with zero attached hydrogens (tertiary/aromatic N) is 1. The van der Waals surface area contributed by atoms with Gasteiger partial charge in [0.1, 0.15) is 0 Å². The molecule has 0 amide bonds. The Morgan fingerprint density at radius 3 is 1.26 bits per heavy atom. The first-order chi connectivity index (χ1) is 7.74. The van der Waals surface area contributed by atoms with Gasteiger partial charge < -0.3 is 5.11 Å². The van der Waals surface area contributed by atoms with Crippen molar-refractivity contribution in [2.45, 2.75) is 57.7 Å². The first kappa shape index (κ1) is 21.3. The molecule has 0 aliphatic heterocycles. The Morgan fingerprint density at radius 2 is 1.11 bits per heavy atom. The van der Waals surface area contributed by atoms with E-state index in [1.165, 1.54) is 27.7 Å². The molecule has 19 heavy (non-hydrogen) atoms. The molecule has 1 radical (unpaired) electrons. The van der Waals surface area contributed by atoms with E-state index in [9.17, 15) is 26.3 Å². The molecule has 0 aromatic rings. The smallest absolute Gasteiger partial charge is 0.373 e. The summed E-state index contributed by atoms with van der Waals surface area (Å²) in [5, 5.41) is 9.06. The fourth-order valence-corrected chi connectivity index (χ4v) is 1.57. The Hall–Kier alpha value is 0.00649. The molecule has 0 bridgehead atoms. The van der Waals surface area contributed by atoms with Gasteiger partial charge >= 0.3 is 12.4 Å². The average molecular weight is 340 g/mol. The van der Waals surface area contributed by atoms with Gasteiger partial charge in [-0.05, 0) is 27.7 Å². The summed E-state index contributed by atoms with van der Waals surface area (Å²) in [4.78, 5) is 0.945. The molecule has 0 fully saturated rings. The maximum absolute atomic E-state index is 12.5. The van der Waals surface area contributed by atoms with Crippen molar-refractivity contribution in [1.29, 1.82) is 0 Å². The van der Waals surface area contributed by atoms with Crippen LogP contribution < -0.4 is 0 Å². The van der Waals surface area contributed by atoms with Crippen molar-refractivity contribution >= 4 is 0 Å². The van der Waals surface area contributed by atoms with E-state index in [1.807, 2.05) is 0 Å². The van der Waals surface area contributed by atoms with Crippen molar-refractivity contribution in [1.82, 2.24) is 4.90 Å². The number of hydrogen-bond acceptors (Lipinski definition) is 2. The summed E-state index contributed by atoms with van der Waals surface area (Å²) in [6.07, 6.45) is -11.5. The summed E-state index contributed by atoms with van der Waals surface area (Å²) in [5.74, 6) is 0. The maximum atomic E-state index is 12.5. The van der Waals surface area contributed by atoms with Crippen molar-refractivity contribution in [3.8, 4) is 0 Å². The van der Waals surface area contributed by atoms with Gasteiger partial charge in [-0.3, -0.25) is 4.90 Å². The van der Waals surface area contributed by atoms with Crippen molar-refractivity contribution in [3.05, 3.63) is 0 Å². The van der Waals surface area contributed by atoms with Gasteiger partial charge in [0.25, 0.3) is 5.60 Å². The number of halogens is 6. The summed E-state index contributed by atoms with van der Waals surface area (Å²) < 4.78 is 74.9. The van der Waals surface area contributed by atoms with Crippen LogP contribution in [-0.4, -0.2) is 46.6 Å². The van der Waals surface area contributed by atoms with Crippen LogP contribution >= 0.6 is 0 Å². The fraction of sp³-hybridized carbons (Fsp3) is 1.00. The molecule has 0 aliphatic carbocycles. The zero-order valence-electron chi connectivity index (χ0n) is 10.9. The van der Waals surface area contributed by atoms with Gasteiger partial charge in [0.2, 0.25) is 0 Å². The molecule has 1 N–H and O–H groups in total. The zero-order valence-corrected chi connectivity index (χ0v) is 11.9. The van der Waals surface area contributed by atoms with Crippen LogP contribution in [0.25, 0.3) is 0 Å². The monoisotopic (exact) mass is 340 g/mol. The Morgan fingerprint density at radius 1 is 0.842 bits per heavy atom. The second-order valence-electron chi connectivity index (χ2n) is 4.72. The minimum atomic E-state index is -5.77. The van der Waals surface area contributed by atoms with Gasteiger partial charge in [0, 0.05) is 35.4 Å². The molecule has 0 aliphatic rings. The molecule has 0 saturated heterocycles. The molecule has 0 aromatic heterocycles. The molecule has 2 nitrogen and oxygen atoms in total. The minimum Gasteiger partial charge on any atom is -0.373 e. The molecular formula is C10H17CoF6NO. The topological polar surface area (TPSA) is 23.5 Å². The van der Waals surface area contributed by atoms with E-state index < -0.39 is 36.6 Å². The van der Waals surface area contributed by atoms with Crippen molar-refractivity contribution in [2.75, 3.05) is 6.54 Å². The summed E-state index contributed by atoms with van der Waals surface area (Å²) in [6, 6.07) is -1.11. The van der Waals surface area contributed by atoms with Crippen molar-refractivity contribution in [3.63, 3.8) is 0 Å². The van der Waals surface area contributed by atoms with Crippen LogP contribution in [0.4, 0.5) is 26.3 Å². The molecule has 0 saturated carbocycles. The summed E-state index contributed by atoms with van der Waals surface area (Å²) in [6.45, 7) is 4.33. The van der Waals surface area contributed by atoms with E-state index in [0.29, 0.717) is 0 Å². The van der Waals surface area contributed by atoms with Gasteiger partial charge in [0.15, 0.2) is 0 Å². The summed E-state index contributed by atoms with van der Waals surface area (Å²) in [7, 11) is 0. The van der Waals surface area contributed by atoms with Gasteiger partial charge in [-0.25, -0.2) is 0 Å². The third-order valence-electron chi connectivity index (χ3n) is 2.68. The van der Waals surface area contributed by atoms with Gasteiger partial charge in [-0.2, -0.15) is 26.3 Å². The summed E-state index contributed by atoms with van der Waals surface area (Å²) >= 11 is 0. The number of hydrogen-bond donors (Lipinski definition) is 1. The molecular weight excluding hydrogens is 323 g/mol. The summed E-state index contributed by atoms with van der Waals surface area (Å²) in [5.41, 5.74) is -4.71. The normalized spacial score (nSPS) is 14.2. The predicted octanol–water partition coefficient (Wildman–Crippen LogP) is 2.96. The molecule has 0 heterocycles. The van der Waals surface area contributed by atoms with Crippen molar-refractivity contribution < 1.29 is 48.2 Å². The number of alkyl halides is 6. The van der Waals surface area contributed by atoms with E-state index in [1.54, 1.807) is 0 Å². The molecule has 0 unspecified atom stereocenters. The van der Waals surface area contributed by atoms with Crippen LogP contribution in [0.5, 0.6) is 0 Å². The number of aliphatic hydroxyl groups is 1. The molecule has 0 atom stereocenters. The predicted molar refractivity (Wildman–Crippen MR) is 54.0 cm³/mol. The van der Waals surface area contributed by atoms with E-state index in [0.717, 1.165) is 4.90 Å². The standard InChI is InChI=1S/C10H17F6NO.Co/c1-6(2)17(7(3)4)5-8(18,9(11,12)13)10(14,15)16;/h6-7,18H,5H2,1-4H3;. The van der Waals surface area contributed by atoms with Crippen LogP contribution in [0.15, 0.2) is 0 Å². The van der Waals surface area contributed by atoms with Crippen LogP contribution in [0.3, 0.4) is 0 Å². The second kappa shape index (κ2) is 6.64. The Labute approximate surface area is 118 Å². The average Bonchev–Trinajstić information content (AvgIpc) is 2.08. The van der Waals surface area contributed by atoms with Crippen molar-refractivity contribution in [2.24, 2.45) is 0 Å². The number of rotatable bonds is 4. The minimum absolute atomic E-state index is 0. The second-order valence-corrected chi connectivity index (χ2v) is 4.72. The van der Waals surface area contributed by atoms with E-state index in [-0.39, 0.29) is 16.8 Å². The molecule has 119 valence electrons. The van der Waals surface area contributed by atoms with Gasteiger partial charge in [-0.1, -0.05) is 0 Å². The molecule has 0 aromatic carbocycles. The van der Waals surface area contributed by atoms with E-state index in [2.05, 4.69) is 0 Å². The van der Waals surface area contributed by atoms with Crippen LogP contribution in [0.1, 0.15) is 27.7 Å². The molecule has 0 spiro atoms. The Balaban J connectivity index is 0. The third kappa shape index (κ3) is 4.80. The molecule has 9 heteroatoms. The van der Waals surface area contributed by atoms with Crippen LogP contribution in [0, 0.1) is 0 Å². The molecule has 0 rings (SSSR count). The first-order valence-corrected chi connectivity index (χ1v) is 5.35. The Kier molecular flexibility index (Phi) is 7.45. The van der Waals surface area contributed by atoms with Gasteiger partial charge in [0.05, 0.1) is 0 Å². The largest absolute Gasteiger partial charge is 0.427 e. The third-order valence-corrected chi connectivity index (χ3v) is 2.68. The first-order valence-electron chi connectivity index (χ1n) is 5.35. The van der Waals surface area contributed by atoms with E-state index in [4.69, 9.17) is 5.11 Å². The van der Waals surface area contributed by atoms with Crippen LogP contribution in [0.2, 0.25) is 0 Å². The van der Waals surface area contributed by atoms with E-state index >= 15 is 0 Å². The zero-order chi connectivity index (χ0) is 14.9. The van der Waals surface area contributed by atoms with Crippen LogP contribution in [-0.2, 0) is 16.8 Å². The Bertz CT molecular complexity index is 254. The van der Waals surface area contributed by atoms with Gasteiger partial charge in [-0.15, -0.1) is 0 Å². The quantitative estimate of drug-likeness (QED) is 0.796.